The number of para-hydroxylation sites is 2. The molecule has 2 saturated heterocycles. The Morgan fingerprint density at radius 3 is 2.44 bits per heavy atom. The van der Waals surface area contributed by atoms with Crippen LogP contribution in [0.3, 0.4) is 0 Å². The van der Waals surface area contributed by atoms with Gasteiger partial charge in [-0.05, 0) is 42.7 Å². The molecule has 2 fully saturated rings. The summed E-state index contributed by atoms with van der Waals surface area (Å²) in [5.74, 6) is -1.58. The van der Waals surface area contributed by atoms with Crippen molar-refractivity contribution in [2.75, 3.05) is 4.90 Å². The second kappa shape index (κ2) is 8.49. The number of hydrogen-bond acceptors (Lipinski definition) is 5. The lowest BCUT2D eigenvalue weighted by Gasteiger charge is -2.32. The fourth-order valence-electron chi connectivity index (χ4n) is 6.83. The van der Waals surface area contributed by atoms with Crippen molar-refractivity contribution < 1.29 is 9.59 Å². The van der Waals surface area contributed by atoms with Gasteiger partial charge in [-0.15, -0.1) is 0 Å². The van der Waals surface area contributed by atoms with Crippen molar-refractivity contribution in [3.05, 3.63) is 98.5 Å². The van der Waals surface area contributed by atoms with Gasteiger partial charge in [-0.3, -0.25) is 24.3 Å². The third-order valence-electron chi connectivity index (χ3n) is 8.26. The molecule has 0 radical (unpaired) electrons. The zero-order valence-corrected chi connectivity index (χ0v) is 22.7. The third kappa shape index (κ3) is 3.15. The highest BCUT2D eigenvalue weighted by Gasteiger charge is 2.69. The first-order valence-corrected chi connectivity index (χ1v) is 13.7. The number of hydrogen-bond donors (Lipinski definition) is 1. The monoisotopic (exact) mass is 558 g/mol. The molecule has 7 nitrogen and oxygen atoms in total. The topological polar surface area (TPSA) is 84.3 Å². The second-order valence-corrected chi connectivity index (χ2v) is 11.7. The molecule has 2 amide bonds. The van der Waals surface area contributed by atoms with E-state index in [1.54, 1.807) is 34.9 Å². The van der Waals surface area contributed by atoms with Crippen molar-refractivity contribution in [2.24, 2.45) is 17.8 Å². The maximum absolute atomic E-state index is 14.5. The number of aromatic nitrogens is 2. The van der Waals surface area contributed by atoms with Gasteiger partial charge >= 0.3 is 0 Å². The first-order chi connectivity index (χ1) is 18.8. The van der Waals surface area contributed by atoms with Crippen LogP contribution in [0.25, 0.3) is 16.6 Å². The van der Waals surface area contributed by atoms with Gasteiger partial charge in [0.25, 0.3) is 5.56 Å². The summed E-state index contributed by atoms with van der Waals surface area (Å²) in [5.41, 5.74) is 0.826. The maximum atomic E-state index is 14.5. The Hall–Kier alpha value is -3.52. The predicted molar refractivity (Wildman–Crippen MR) is 150 cm³/mol. The smallest absolute Gasteiger partial charge is 0.266 e. The maximum Gasteiger partial charge on any atom is 0.266 e. The van der Waals surface area contributed by atoms with Gasteiger partial charge in [0.1, 0.15) is 11.4 Å². The molecule has 1 aromatic heterocycles. The lowest BCUT2D eigenvalue weighted by atomic mass is 9.75. The number of carbonyl (C=O) groups excluding carboxylic acids is 2. The SMILES string of the molecule is CC(C)C[C@@H]1N[C@@]2(c3ccccc3-n3c2nc2ccccc2c3=O)[C@H]2C(=O)N(c3cccc(Cl)c3Cl)C(=O)[C@@H]12. The average Bonchev–Trinajstić information content (AvgIpc) is 3.49. The zero-order chi connectivity index (χ0) is 27.2. The minimum Gasteiger partial charge on any atom is -0.297 e. The fraction of sp³-hybridized carbons (Fsp3) is 0.267. The summed E-state index contributed by atoms with van der Waals surface area (Å²) in [4.78, 5) is 48.7. The van der Waals surface area contributed by atoms with E-state index >= 15 is 0 Å². The van der Waals surface area contributed by atoms with Crippen molar-refractivity contribution in [1.29, 1.82) is 0 Å². The van der Waals surface area contributed by atoms with Gasteiger partial charge in [-0.1, -0.05) is 73.4 Å². The normalized spacial score (nSPS) is 25.2. The molecule has 1 spiro atoms. The Morgan fingerprint density at radius 1 is 0.923 bits per heavy atom. The van der Waals surface area contributed by atoms with Crippen LogP contribution in [-0.2, 0) is 15.1 Å². The number of benzene rings is 3. The van der Waals surface area contributed by atoms with Crippen LogP contribution in [-0.4, -0.2) is 27.4 Å². The van der Waals surface area contributed by atoms with Gasteiger partial charge in [-0.2, -0.15) is 0 Å². The van der Waals surface area contributed by atoms with E-state index in [0.717, 1.165) is 5.56 Å². The predicted octanol–water partition coefficient (Wildman–Crippen LogP) is 5.07. The summed E-state index contributed by atoms with van der Waals surface area (Å²) in [7, 11) is 0. The molecule has 0 saturated carbocycles. The standard InChI is InChI=1S/C30H24Cl2N4O3/c1-15(2)14-20-23-24(28(39)35(27(23)38)22-13-7-10-18(31)25(22)32)30(34-20)17-9-4-6-12-21(17)36-26(37)16-8-3-5-11-19(16)33-29(30)36/h3-13,15,20,23-24,34H,14H2,1-2H3/t20-,23-,24+,30-/m0/s1. The number of rotatable bonds is 3. The van der Waals surface area contributed by atoms with E-state index in [1.807, 2.05) is 36.4 Å². The van der Waals surface area contributed by atoms with Gasteiger partial charge in [0.15, 0.2) is 0 Å². The Bertz CT molecular complexity index is 1780. The number of nitrogens with zero attached hydrogens (tertiary/aromatic N) is 3. The first-order valence-electron chi connectivity index (χ1n) is 13.0. The van der Waals surface area contributed by atoms with Crippen molar-refractivity contribution in [2.45, 2.75) is 31.8 Å². The summed E-state index contributed by atoms with van der Waals surface area (Å²) in [6, 6.07) is 19.3. The first kappa shape index (κ1) is 24.5. The van der Waals surface area contributed by atoms with Gasteiger partial charge < -0.3 is 0 Å². The van der Waals surface area contributed by atoms with Crippen LogP contribution in [0.5, 0.6) is 0 Å². The van der Waals surface area contributed by atoms with Crippen LogP contribution in [0, 0.1) is 17.8 Å². The number of anilines is 1. The van der Waals surface area contributed by atoms with Crippen LogP contribution >= 0.6 is 23.2 Å². The quantitative estimate of drug-likeness (QED) is 0.355. The molecule has 39 heavy (non-hydrogen) atoms. The number of carbonyl (C=O) groups is 2. The minimum atomic E-state index is -1.18. The molecular formula is C30H24Cl2N4O3. The molecule has 9 heteroatoms. The lowest BCUT2D eigenvalue weighted by Crippen LogP contribution is -2.50. The van der Waals surface area contributed by atoms with E-state index in [0.29, 0.717) is 28.8 Å². The highest BCUT2D eigenvalue weighted by molar-refractivity contribution is 6.45. The Kier molecular flexibility index (Phi) is 5.34. The summed E-state index contributed by atoms with van der Waals surface area (Å²) < 4.78 is 1.60. The molecule has 0 bridgehead atoms. The summed E-state index contributed by atoms with van der Waals surface area (Å²) in [6.07, 6.45) is 0.652. The number of imide groups is 1. The largest absolute Gasteiger partial charge is 0.297 e. The van der Waals surface area contributed by atoms with Gasteiger partial charge in [0.2, 0.25) is 11.8 Å². The van der Waals surface area contributed by atoms with Gasteiger partial charge in [-0.25, -0.2) is 9.88 Å². The summed E-state index contributed by atoms with van der Waals surface area (Å²) in [6.45, 7) is 4.17. The van der Waals surface area contributed by atoms with E-state index in [9.17, 15) is 14.4 Å². The second-order valence-electron chi connectivity index (χ2n) is 10.9. The number of nitrogens with one attached hydrogen (secondary N) is 1. The summed E-state index contributed by atoms with van der Waals surface area (Å²) >= 11 is 12.8. The Balaban J connectivity index is 1.53. The van der Waals surface area contributed by atoms with Crippen LogP contribution < -0.4 is 15.8 Å². The number of amides is 2. The van der Waals surface area contributed by atoms with E-state index in [4.69, 9.17) is 28.2 Å². The molecule has 4 atom stereocenters. The molecule has 3 aliphatic heterocycles. The highest BCUT2D eigenvalue weighted by Crippen LogP contribution is 2.56. The van der Waals surface area contributed by atoms with Gasteiger partial charge in [0.05, 0.1) is 44.2 Å². The fourth-order valence-corrected chi connectivity index (χ4v) is 7.21. The summed E-state index contributed by atoms with van der Waals surface area (Å²) in [5, 5.41) is 4.61. The Morgan fingerprint density at radius 2 is 1.64 bits per heavy atom. The third-order valence-corrected chi connectivity index (χ3v) is 9.07. The molecule has 1 N–H and O–H groups in total. The molecule has 4 heterocycles. The molecule has 3 aromatic carbocycles. The molecule has 4 aromatic rings. The average molecular weight is 559 g/mol. The molecular weight excluding hydrogens is 535 g/mol. The molecule has 196 valence electrons. The molecule has 0 aliphatic carbocycles. The lowest BCUT2D eigenvalue weighted by molar-refractivity contribution is -0.123. The van der Waals surface area contributed by atoms with Crippen LogP contribution in [0.2, 0.25) is 10.0 Å². The Labute approximate surface area is 234 Å². The number of halogens is 2. The molecule has 3 aliphatic rings. The molecule has 7 rings (SSSR count). The van der Waals surface area contributed by atoms with E-state index < -0.39 is 23.3 Å². The van der Waals surface area contributed by atoms with Crippen LogP contribution in [0.15, 0.2) is 71.5 Å². The van der Waals surface area contributed by atoms with Crippen LogP contribution in [0.4, 0.5) is 5.69 Å². The van der Waals surface area contributed by atoms with Crippen molar-refractivity contribution in [3.63, 3.8) is 0 Å². The van der Waals surface area contributed by atoms with E-state index in [1.165, 1.54) is 4.90 Å². The van der Waals surface area contributed by atoms with Crippen molar-refractivity contribution in [1.82, 2.24) is 14.9 Å². The molecule has 0 unspecified atom stereocenters. The van der Waals surface area contributed by atoms with E-state index in [2.05, 4.69) is 19.2 Å². The van der Waals surface area contributed by atoms with Crippen molar-refractivity contribution >= 4 is 51.6 Å². The van der Waals surface area contributed by atoms with Crippen LogP contribution in [0.1, 0.15) is 31.7 Å². The minimum absolute atomic E-state index is 0.149. The van der Waals surface area contributed by atoms with Gasteiger partial charge in [0, 0.05) is 11.6 Å². The highest BCUT2D eigenvalue weighted by atomic mass is 35.5. The number of fused-ring (bicyclic) bond motifs is 8. The van der Waals surface area contributed by atoms with Crippen molar-refractivity contribution in [3.8, 4) is 5.69 Å². The van der Waals surface area contributed by atoms with E-state index in [-0.39, 0.29) is 39.2 Å². The zero-order valence-electron chi connectivity index (χ0n) is 21.2.